The molecule has 1 atom stereocenters. The summed E-state index contributed by atoms with van der Waals surface area (Å²) in [6, 6.07) is 3.57. The number of rotatable bonds is 3. The second kappa shape index (κ2) is 4.49. The van der Waals surface area contributed by atoms with Crippen LogP contribution in [0.4, 0.5) is 5.69 Å². The maximum atomic E-state index is 12.1. The fraction of sp³-hybridized carbons (Fsp3) is 0.500. The van der Waals surface area contributed by atoms with Crippen LogP contribution in [0.5, 0.6) is 0 Å². The zero-order valence-electron chi connectivity index (χ0n) is 10.8. The standard InChI is InChI=1S/C14H20N2O/c1-4-5-8-16-13-10(3)9(2)6-7-11(13)12(15)14(16)17/h6-7,12H,4-5,8,15H2,1-3H3. The third-order valence-electron chi connectivity index (χ3n) is 3.61. The van der Waals surface area contributed by atoms with E-state index in [0.717, 1.165) is 30.6 Å². The molecule has 3 heteroatoms. The summed E-state index contributed by atoms with van der Waals surface area (Å²) >= 11 is 0. The van der Waals surface area contributed by atoms with Gasteiger partial charge in [0.05, 0.1) is 5.69 Å². The van der Waals surface area contributed by atoms with Crippen LogP contribution in [0, 0.1) is 13.8 Å². The van der Waals surface area contributed by atoms with E-state index in [4.69, 9.17) is 5.73 Å². The number of carbonyl (C=O) groups is 1. The third-order valence-corrected chi connectivity index (χ3v) is 3.61. The molecule has 1 aromatic carbocycles. The van der Waals surface area contributed by atoms with Gasteiger partial charge in [-0.15, -0.1) is 0 Å². The smallest absolute Gasteiger partial charge is 0.248 e. The van der Waals surface area contributed by atoms with Gasteiger partial charge < -0.3 is 10.6 Å². The third kappa shape index (κ3) is 1.84. The Hall–Kier alpha value is -1.35. The van der Waals surface area contributed by atoms with Crippen LogP contribution in [0.25, 0.3) is 0 Å². The summed E-state index contributed by atoms with van der Waals surface area (Å²) in [5.74, 6) is 0.0437. The topological polar surface area (TPSA) is 46.3 Å². The Kier molecular flexibility index (Phi) is 3.20. The predicted octanol–water partition coefficient (Wildman–Crippen LogP) is 2.45. The number of fused-ring (bicyclic) bond motifs is 1. The van der Waals surface area contributed by atoms with E-state index in [0.29, 0.717) is 0 Å². The first-order chi connectivity index (χ1) is 8.07. The molecule has 1 heterocycles. The monoisotopic (exact) mass is 232 g/mol. The van der Waals surface area contributed by atoms with Crippen molar-refractivity contribution in [3.8, 4) is 0 Å². The van der Waals surface area contributed by atoms with Crippen molar-refractivity contribution in [1.29, 1.82) is 0 Å². The summed E-state index contributed by atoms with van der Waals surface area (Å²) in [7, 11) is 0. The summed E-state index contributed by atoms with van der Waals surface area (Å²) < 4.78 is 0. The first-order valence-electron chi connectivity index (χ1n) is 6.25. The minimum absolute atomic E-state index is 0.0437. The van der Waals surface area contributed by atoms with Gasteiger partial charge in [-0.05, 0) is 31.4 Å². The molecule has 1 unspecified atom stereocenters. The van der Waals surface area contributed by atoms with Gasteiger partial charge in [-0.2, -0.15) is 0 Å². The molecule has 1 amide bonds. The molecule has 0 radical (unpaired) electrons. The summed E-state index contributed by atoms with van der Waals surface area (Å²) in [4.78, 5) is 14.0. The molecular formula is C14H20N2O. The van der Waals surface area contributed by atoms with E-state index in [1.165, 1.54) is 11.1 Å². The average molecular weight is 232 g/mol. The van der Waals surface area contributed by atoms with Gasteiger partial charge in [0.15, 0.2) is 0 Å². The number of benzene rings is 1. The van der Waals surface area contributed by atoms with Crippen molar-refractivity contribution < 1.29 is 4.79 Å². The zero-order valence-corrected chi connectivity index (χ0v) is 10.8. The van der Waals surface area contributed by atoms with Crippen LogP contribution in [0.1, 0.15) is 42.5 Å². The number of nitrogens with two attached hydrogens (primary N) is 1. The van der Waals surface area contributed by atoms with E-state index in [9.17, 15) is 4.79 Å². The Balaban J connectivity index is 2.46. The number of unbranched alkanes of at least 4 members (excludes halogenated alkanes) is 1. The molecule has 2 rings (SSSR count). The minimum Gasteiger partial charge on any atom is -0.316 e. The van der Waals surface area contributed by atoms with Gasteiger partial charge in [0.1, 0.15) is 6.04 Å². The maximum absolute atomic E-state index is 12.1. The second-order valence-electron chi connectivity index (χ2n) is 4.77. The highest BCUT2D eigenvalue weighted by Gasteiger charge is 2.35. The number of aryl methyl sites for hydroxylation is 1. The number of amides is 1. The Bertz CT molecular complexity index is 454. The lowest BCUT2D eigenvalue weighted by molar-refractivity contribution is -0.119. The van der Waals surface area contributed by atoms with Crippen molar-refractivity contribution in [2.75, 3.05) is 11.4 Å². The molecule has 0 bridgehead atoms. The van der Waals surface area contributed by atoms with Gasteiger partial charge >= 0.3 is 0 Å². The lowest BCUT2D eigenvalue weighted by Gasteiger charge is -2.19. The second-order valence-corrected chi connectivity index (χ2v) is 4.77. The lowest BCUT2D eigenvalue weighted by Crippen LogP contribution is -2.32. The average Bonchev–Trinajstić information content (AvgIpc) is 2.56. The Morgan fingerprint density at radius 3 is 2.71 bits per heavy atom. The minimum atomic E-state index is -0.471. The fourth-order valence-electron chi connectivity index (χ4n) is 2.38. The van der Waals surface area contributed by atoms with Crippen molar-refractivity contribution in [3.05, 3.63) is 28.8 Å². The molecule has 0 aliphatic carbocycles. The van der Waals surface area contributed by atoms with Crippen molar-refractivity contribution in [2.45, 2.75) is 39.7 Å². The SMILES string of the molecule is CCCCN1C(=O)C(N)c2ccc(C)c(C)c21. The molecule has 0 spiro atoms. The highest BCUT2D eigenvalue weighted by Crippen LogP contribution is 2.38. The van der Waals surface area contributed by atoms with Crippen molar-refractivity contribution in [1.82, 2.24) is 0 Å². The van der Waals surface area contributed by atoms with Gasteiger partial charge in [-0.25, -0.2) is 0 Å². The van der Waals surface area contributed by atoms with E-state index in [2.05, 4.69) is 20.8 Å². The van der Waals surface area contributed by atoms with Crippen LogP contribution in [0.15, 0.2) is 12.1 Å². The highest BCUT2D eigenvalue weighted by atomic mass is 16.2. The summed E-state index contributed by atoms with van der Waals surface area (Å²) in [6.07, 6.45) is 2.10. The molecule has 17 heavy (non-hydrogen) atoms. The Labute approximate surface area is 103 Å². The fourth-order valence-corrected chi connectivity index (χ4v) is 2.38. The molecule has 1 aromatic rings. The van der Waals surface area contributed by atoms with E-state index >= 15 is 0 Å². The molecular weight excluding hydrogens is 212 g/mol. The van der Waals surface area contributed by atoms with Crippen LogP contribution < -0.4 is 10.6 Å². The van der Waals surface area contributed by atoms with Crippen LogP contribution in [-0.2, 0) is 4.79 Å². The maximum Gasteiger partial charge on any atom is 0.248 e. The predicted molar refractivity (Wildman–Crippen MR) is 70.1 cm³/mol. The molecule has 1 aliphatic heterocycles. The molecule has 1 aliphatic rings. The van der Waals surface area contributed by atoms with Crippen molar-refractivity contribution in [3.63, 3.8) is 0 Å². The quantitative estimate of drug-likeness (QED) is 0.870. The summed E-state index contributed by atoms with van der Waals surface area (Å²) in [6.45, 7) is 7.05. The van der Waals surface area contributed by atoms with Crippen LogP contribution in [-0.4, -0.2) is 12.5 Å². The first kappa shape index (κ1) is 12.1. The van der Waals surface area contributed by atoms with Gasteiger partial charge in [0.25, 0.3) is 0 Å². The number of hydrogen-bond acceptors (Lipinski definition) is 2. The highest BCUT2D eigenvalue weighted by molar-refractivity contribution is 6.05. The summed E-state index contributed by atoms with van der Waals surface area (Å²) in [5.41, 5.74) is 10.4. The number of nitrogens with zero attached hydrogens (tertiary/aromatic N) is 1. The molecule has 0 aromatic heterocycles. The number of carbonyl (C=O) groups excluding carboxylic acids is 1. The van der Waals surface area contributed by atoms with E-state index < -0.39 is 6.04 Å². The molecule has 0 saturated heterocycles. The lowest BCUT2D eigenvalue weighted by atomic mass is 10.0. The number of hydrogen-bond donors (Lipinski definition) is 1. The summed E-state index contributed by atoms with van der Waals surface area (Å²) in [5, 5.41) is 0. The molecule has 3 nitrogen and oxygen atoms in total. The van der Waals surface area contributed by atoms with Crippen molar-refractivity contribution in [2.24, 2.45) is 5.73 Å². The Morgan fingerprint density at radius 2 is 2.06 bits per heavy atom. The normalized spacial score (nSPS) is 18.7. The van der Waals surface area contributed by atoms with Gasteiger partial charge in [0.2, 0.25) is 5.91 Å². The number of anilines is 1. The Morgan fingerprint density at radius 1 is 1.35 bits per heavy atom. The molecule has 2 N–H and O–H groups in total. The molecule has 0 saturated carbocycles. The van der Waals surface area contributed by atoms with Crippen LogP contribution in [0.3, 0.4) is 0 Å². The van der Waals surface area contributed by atoms with E-state index in [1.54, 1.807) is 0 Å². The van der Waals surface area contributed by atoms with E-state index in [-0.39, 0.29) is 5.91 Å². The zero-order chi connectivity index (χ0) is 12.6. The van der Waals surface area contributed by atoms with Crippen LogP contribution in [0.2, 0.25) is 0 Å². The van der Waals surface area contributed by atoms with Gasteiger partial charge in [-0.1, -0.05) is 25.5 Å². The van der Waals surface area contributed by atoms with E-state index in [1.807, 2.05) is 17.0 Å². The first-order valence-corrected chi connectivity index (χ1v) is 6.25. The molecule has 92 valence electrons. The van der Waals surface area contributed by atoms with Gasteiger partial charge in [0, 0.05) is 12.1 Å². The largest absolute Gasteiger partial charge is 0.316 e. The van der Waals surface area contributed by atoms with Crippen LogP contribution >= 0.6 is 0 Å². The van der Waals surface area contributed by atoms with Crippen molar-refractivity contribution >= 4 is 11.6 Å². The molecule has 0 fully saturated rings. The van der Waals surface area contributed by atoms with Gasteiger partial charge in [-0.3, -0.25) is 4.79 Å².